The predicted octanol–water partition coefficient (Wildman–Crippen LogP) is 4.71. The number of carbonyl (C=O) groups excluding carboxylic acids is 1. The average Bonchev–Trinajstić information content (AvgIpc) is 2.95. The number of aromatic nitrogens is 2. The average molecular weight is 387 g/mol. The van der Waals surface area contributed by atoms with Crippen LogP contribution in [0, 0.1) is 13.8 Å². The maximum Gasteiger partial charge on any atom is 0.416 e. The van der Waals surface area contributed by atoms with E-state index in [9.17, 15) is 18.0 Å². The summed E-state index contributed by atoms with van der Waals surface area (Å²) in [5, 5.41) is 4.37. The molecule has 0 saturated carbocycles. The minimum atomic E-state index is -4.43. The summed E-state index contributed by atoms with van der Waals surface area (Å²) in [5.41, 5.74) is 2.32. The smallest absolute Gasteiger partial charge is 0.315 e. The summed E-state index contributed by atoms with van der Waals surface area (Å²) >= 11 is 0. The standard InChI is InChI=1S/C21H20F3N3O/c1-14-19(13-20(28)26(3)17-9-5-4-6-10-17)15(2)27(25-14)18-11-7-8-16(12-18)21(22,23)24/h4-12H,13H2,1-3H3. The number of para-hydroxylation sites is 1. The summed E-state index contributed by atoms with van der Waals surface area (Å²) in [5.74, 6) is -0.124. The third kappa shape index (κ3) is 3.93. The lowest BCUT2D eigenvalue weighted by molar-refractivity contribution is -0.137. The molecule has 0 atom stereocenters. The Labute approximate surface area is 161 Å². The van der Waals surface area contributed by atoms with Gasteiger partial charge >= 0.3 is 6.18 Å². The molecule has 0 aliphatic carbocycles. The highest BCUT2D eigenvalue weighted by Crippen LogP contribution is 2.31. The van der Waals surface area contributed by atoms with Gasteiger partial charge in [-0.05, 0) is 44.2 Å². The molecule has 3 aromatic rings. The third-order valence-corrected chi connectivity index (χ3v) is 4.70. The molecule has 0 fully saturated rings. The summed E-state index contributed by atoms with van der Waals surface area (Å²) in [4.78, 5) is 14.2. The van der Waals surface area contributed by atoms with Gasteiger partial charge < -0.3 is 4.90 Å². The van der Waals surface area contributed by atoms with Crippen LogP contribution in [0.3, 0.4) is 0 Å². The van der Waals surface area contributed by atoms with Crippen molar-refractivity contribution in [2.45, 2.75) is 26.4 Å². The molecule has 0 aliphatic heterocycles. The van der Waals surface area contributed by atoms with Crippen molar-refractivity contribution in [2.75, 3.05) is 11.9 Å². The number of halogens is 3. The van der Waals surface area contributed by atoms with Crippen LogP contribution in [0.15, 0.2) is 54.6 Å². The number of nitrogens with zero attached hydrogens (tertiary/aromatic N) is 3. The van der Waals surface area contributed by atoms with Gasteiger partial charge in [0.15, 0.2) is 0 Å². The van der Waals surface area contributed by atoms with Crippen LogP contribution < -0.4 is 4.90 Å². The second-order valence-corrected chi connectivity index (χ2v) is 6.57. The van der Waals surface area contributed by atoms with Crippen LogP contribution in [0.4, 0.5) is 18.9 Å². The number of alkyl halides is 3. The Morgan fingerprint density at radius 1 is 1.07 bits per heavy atom. The van der Waals surface area contributed by atoms with Crippen LogP contribution in [0.2, 0.25) is 0 Å². The van der Waals surface area contributed by atoms with Gasteiger partial charge in [-0.1, -0.05) is 24.3 Å². The molecule has 3 rings (SSSR count). The van der Waals surface area contributed by atoms with Crippen LogP contribution in [-0.2, 0) is 17.4 Å². The van der Waals surface area contributed by atoms with Crippen molar-refractivity contribution in [3.8, 4) is 5.69 Å². The zero-order chi connectivity index (χ0) is 20.5. The molecule has 7 heteroatoms. The van der Waals surface area contributed by atoms with Gasteiger partial charge in [0.1, 0.15) is 0 Å². The predicted molar refractivity (Wildman–Crippen MR) is 102 cm³/mol. The highest BCUT2D eigenvalue weighted by molar-refractivity contribution is 5.94. The van der Waals surface area contributed by atoms with Gasteiger partial charge in [-0.15, -0.1) is 0 Å². The number of likely N-dealkylation sites (N-methyl/N-ethyl adjacent to an activating group) is 1. The number of amides is 1. The third-order valence-electron chi connectivity index (χ3n) is 4.70. The molecule has 0 saturated heterocycles. The van der Waals surface area contributed by atoms with E-state index in [0.717, 1.165) is 17.8 Å². The highest BCUT2D eigenvalue weighted by atomic mass is 19.4. The Bertz CT molecular complexity index is 994. The topological polar surface area (TPSA) is 38.1 Å². The number of aryl methyl sites for hydroxylation is 1. The summed E-state index contributed by atoms with van der Waals surface area (Å²) in [6, 6.07) is 14.2. The second-order valence-electron chi connectivity index (χ2n) is 6.57. The molecular formula is C21H20F3N3O. The SMILES string of the molecule is Cc1nn(-c2cccc(C(F)(F)F)c2)c(C)c1CC(=O)N(C)c1ccccc1. The van der Waals surface area contributed by atoms with Crippen LogP contribution in [0.25, 0.3) is 5.69 Å². The summed E-state index contributed by atoms with van der Waals surface area (Å²) in [7, 11) is 1.69. The number of hydrogen-bond acceptors (Lipinski definition) is 2. The molecule has 0 radical (unpaired) electrons. The molecule has 1 amide bonds. The van der Waals surface area contributed by atoms with Crippen LogP contribution >= 0.6 is 0 Å². The number of benzene rings is 2. The van der Waals surface area contributed by atoms with Gasteiger partial charge in [0, 0.05) is 24.0 Å². The van der Waals surface area contributed by atoms with Crippen molar-refractivity contribution in [3.05, 3.63) is 77.1 Å². The lowest BCUT2D eigenvalue weighted by Gasteiger charge is -2.17. The monoisotopic (exact) mass is 387 g/mol. The maximum absolute atomic E-state index is 13.0. The number of hydrogen-bond donors (Lipinski definition) is 0. The Kier molecular flexibility index (Phi) is 5.27. The minimum Gasteiger partial charge on any atom is -0.315 e. The highest BCUT2D eigenvalue weighted by Gasteiger charge is 2.31. The first-order valence-electron chi connectivity index (χ1n) is 8.73. The molecule has 2 aromatic carbocycles. The molecule has 4 nitrogen and oxygen atoms in total. The molecule has 1 heterocycles. The zero-order valence-electron chi connectivity index (χ0n) is 15.8. The first-order valence-corrected chi connectivity index (χ1v) is 8.73. The van der Waals surface area contributed by atoms with Crippen molar-refractivity contribution >= 4 is 11.6 Å². The van der Waals surface area contributed by atoms with E-state index in [1.807, 2.05) is 30.3 Å². The van der Waals surface area contributed by atoms with Crippen molar-refractivity contribution in [1.82, 2.24) is 9.78 Å². The van der Waals surface area contributed by atoms with E-state index in [2.05, 4.69) is 5.10 Å². The van der Waals surface area contributed by atoms with E-state index in [4.69, 9.17) is 0 Å². The van der Waals surface area contributed by atoms with Crippen molar-refractivity contribution in [3.63, 3.8) is 0 Å². The Balaban J connectivity index is 1.90. The molecule has 0 bridgehead atoms. The summed E-state index contributed by atoms with van der Waals surface area (Å²) in [6.07, 6.45) is -4.31. The van der Waals surface area contributed by atoms with Crippen LogP contribution in [0.5, 0.6) is 0 Å². The number of anilines is 1. The van der Waals surface area contributed by atoms with Crippen LogP contribution in [0.1, 0.15) is 22.5 Å². The molecule has 146 valence electrons. The Morgan fingerprint density at radius 2 is 1.75 bits per heavy atom. The molecule has 0 spiro atoms. The lowest BCUT2D eigenvalue weighted by atomic mass is 10.1. The van der Waals surface area contributed by atoms with Gasteiger partial charge in [-0.25, -0.2) is 4.68 Å². The first-order chi connectivity index (χ1) is 13.2. The summed E-state index contributed by atoms with van der Waals surface area (Å²) in [6.45, 7) is 3.51. The Morgan fingerprint density at radius 3 is 2.39 bits per heavy atom. The van der Waals surface area contributed by atoms with E-state index in [0.29, 0.717) is 22.6 Å². The molecule has 0 aliphatic rings. The van der Waals surface area contributed by atoms with Crippen LogP contribution in [-0.4, -0.2) is 22.7 Å². The van der Waals surface area contributed by atoms with Gasteiger partial charge in [-0.3, -0.25) is 4.79 Å². The van der Waals surface area contributed by atoms with Gasteiger partial charge in [0.2, 0.25) is 5.91 Å². The van der Waals surface area contributed by atoms with Gasteiger partial charge in [-0.2, -0.15) is 18.3 Å². The minimum absolute atomic E-state index is 0.113. The van der Waals surface area contributed by atoms with Crippen molar-refractivity contribution < 1.29 is 18.0 Å². The molecule has 1 aromatic heterocycles. The first kappa shape index (κ1) is 19.7. The number of carbonyl (C=O) groups is 1. The molecule has 28 heavy (non-hydrogen) atoms. The quantitative estimate of drug-likeness (QED) is 0.650. The molecule has 0 N–H and O–H groups in total. The zero-order valence-corrected chi connectivity index (χ0v) is 15.8. The second kappa shape index (κ2) is 7.50. The maximum atomic E-state index is 13.0. The van der Waals surface area contributed by atoms with E-state index in [-0.39, 0.29) is 12.3 Å². The lowest BCUT2D eigenvalue weighted by Crippen LogP contribution is -2.28. The molecular weight excluding hydrogens is 367 g/mol. The van der Waals surface area contributed by atoms with Crippen molar-refractivity contribution in [1.29, 1.82) is 0 Å². The Hall–Kier alpha value is -3.09. The largest absolute Gasteiger partial charge is 0.416 e. The normalized spacial score (nSPS) is 11.5. The molecule has 0 unspecified atom stereocenters. The fraction of sp³-hybridized carbons (Fsp3) is 0.238. The fourth-order valence-electron chi connectivity index (χ4n) is 3.06. The van der Waals surface area contributed by atoms with E-state index < -0.39 is 11.7 Å². The van der Waals surface area contributed by atoms with E-state index in [1.54, 1.807) is 31.9 Å². The van der Waals surface area contributed by atoms with E-state index >= 15 is 0 Å². The number of rotatable bonds is 4. The summed E-state index contributed by atoms with van der Waals surface area (Å²) < 4.78 is 40.5. The van der Waals surface area contributed by atoms with Gasteiger partial charge in [0.25, 0.3) is 0 Å². The van der Waals surface area contributed by atoms with Crippen molar-refractivity contribution in [2.24, 2.45) is 0 Å². The fourth-order valence-corrected chi connectivity index (χ4v) is 3.06. The van der Waals surface area contributed by atoms with Gasteiger partial charge in [0.05, 0.1) is 23.4 Å². The van der Waals surface area contributed by atoms with E-state index in [1.165, 1.54) is 10.7 Å².